The van der Waals surface area contributed by atoms with E-state index in [-0.39, 0.29) is 23.8 Å². The SMILES string of the molecule is CC(C)[C@@H](NC(=O)c1cccs1)C(=O)N[C@@H]1CCCc2ccccc21. The fourth-order valence-electron chi connectivity index (χ4n) is 3.32. The van der Waals surface area contributed by atoms with E-state index in [4.69, 9.17) is 0 Å². The molecule has 2 amide bonds. The summed E-state index contributed by atoms with van der Waals surface area (Å²) >= 11 is 1.38. The summed E-state index contributed by atoms with van der Waals surface area (Å²) in [5.74, 6) is -0.280. The molecule has 0 spiro atoms. The molecule has 2 N–H and O–H groups in total. The maximum atomic E-state index is 12.8. The third-order valence-corrected chi connectivity index (χ3v) is 5.54. The quantitative estimate of drug-likeness (QED) is 0.858. The van der Waals surface area contributed by atoms with Crippen LogP contribution < -0.4 is 10.6 Å². The Bertz CT molecular complexity index is 740. The molecule has 1 aromatic heterocycles. The molecule has 0 saturated heterocycles. The summed E-state index contributed by atoms with van der Waals surface area (Å²) in [5.41, 5.74) is 2.51. The second-order valence-electron chi connectivity index (χ2n) is 6.82. The summed E-state index contributed by atoms with van der Waals surface area (Å²) in [4.78, 5) is 25.8. The Morgan fingerprint density at radius 1 is 1.16 bits per heavy atom. The summed E-state index contributed by atoms with van der Waals surface area (Å²) in [6, 6.07) is 11.4. The number of hydrogen-bond acceptors (Lipinski definition) is 3. The van der Waals surface area contributed by atoms with Gasteiger partial charge in [0.05, 0.1) is 10.9 Å². The molecule has 1 heterocycles. The molecule has 4 nitrogen and oxygen atoms in total. The van der Waals surface area contributed by atoms with Gasteiger partial charge in [-0.05, 0) is 47.8 Å². The largest absolute Gasteiger partial charge is 0.347 e. The van der Waals surface area contributed by atoms with Gasteiger partial charge in [0.1, 0.15) is 6.04 Å². The van der Waals surface area contributed by atoms with Gasteiger partial charge in [0.2, 0.25) is 5.91 Å². The van der Waals surface area contributed by atoms with E-state index in [1.807, 2.05) is 37.4 Å². The monoisotopic (exact) mass is 356 g/mol. The smallest absolute Gasteiger partial charge is 0.262 e. The Kier molecular flexibility index (Phi) is 5.53. The molecule has 3 rings (SSSR count). The number of benzene rings is 1. The van der Waals surface area contributed by atoms with Crippen molar-refractivity contribution in [2.45, 2.75) is 45.2 Å². The van der Waals surface area contributed by atoms with E-state index in [2.05, 4.69) is 22.8 Å². The van der Waals surface area contributed by atoms with Gasteiger partial charge in [-0.25, -0.2) is 0 Å². The Hall–Kier alpha value is -2.14. The summed E-state index contributed by atoms with van der Waals surface area (Å²) in [7, 11) is 0. The van der Waals surface area contributed by atoms with Gasteiger partial charge >= 0.3 is 0 Å². The number of carbonyl (C=O) groups is 2. The van der Waals surface area contributed by atoms with Gasteiger partial charge in [-0.2, -0.15) is 0 Å². The lowest BCUT2D eigenvalue weighted by atomic mass is 9.87. The molecule has 0 radical (unpaired) electrons. The second kappa shape index (κ2) is 7.83. The lowest BCUT2D eigenvalue weighted by molar-refractivity contribution is -0.124. The van der Waals surface area contributed by atoms with Crippen LogP contribution in [0.1, 0.15) is 53.5 Å². The molecular weight excluding hydrogens is 332 g/mol. The Morgan fingerprint density at radius 2 is 1.96 bits per heavy atom. The molecule has 1 aliphatic rings. The van der Waals surface area contributed by atoms with Crippen LogP contribution in [0, 0.1) is 5.92 Å². The van der Waals surface area contributed by atoms with E-state index in [1.54, 1.807) is 6.07 Å². The topological polar surface area (TPSA) is 58.2 Å². The van der Waals surface area contributed by atoms with E-state index in [1.165, 1.54) is 22.5 Å². The molecule has 5 heteroatoms. The van der Waals surface area contributed by atoms with Crippen molar-refractivity contribution in [3.63, 3.8) is 0 Å². The summed E-state index contributed by atoms with van der Waals surface area (Å²) in [6.07, 6.45) is 3.06. The second-order valence-corrected chi connectivity index (χ2v) is 7.77. The molecule has 1 aliphatic carbocycles. The van der Waals surface area contributed by atoms with Crippen LogP contribution in [0.4, 0.5) is 0 Å². The number of fused-ring (bicyclic) bond motifs is 1. The predicted octanol–water partition coefficient (Wildman–Crippen LogP) is 3.70. The van der Waals surface area contributed by atoms with Crippen LogP contribution in [-0.2, 0) is 11.2 Å². The zero-order chi connectivity index (χ0) is 17.8. The molecule has 132 valence electrons. The molecule has 0 fully saturated rings. The van der Waals surface area contributed by atoms with Gasteiger partial charge in [0.25, 0.3) is 5.91 Å². The van der Waals surface area contributed by atoms with Crippen LogP contribution in [0.15, 0.2) is 41.8 Å². The number of nitrogens with one attached hydrogen (secondary N) is 2. The van der Waals surface area contributed by atoms with Crippen molar-refractivity contribution in [2.24, 2.45) is 5.92 Å². The first kappa shape index (κ1) is 17.7. The Balaban J connectivity index is 1.71. The Labute approximate surface area is 152 Å². The van der Waals surface area contributed by atoms with Crippen LogP contribution in [-0.4, -0.2) is 17.9 Å². The van der Waals surface area contributed by atoms with Gasteiger partial charge in [-0.1, -0.05) is 44.2 Å². The average Bonchev–Trinajstić information content (AvgIpc) is 3.14. The lowest BCUT2D eigenvalue weighted by Crippen LogP contribution is -2.50. The molecular formula is C20H24N2O2S. The van der Waals surface area contributed by atoms with Gasteiger partial charge < -0.3 is 10.6 Å². The fraction of sp³-hybridized carbons (Fsp3) is 0.400. The van der Waals surface area contributed by atoms with Gasteiger partial charge in [0, 0.05) is 0 Å². The first-order valence-electron chi connectivity index (χ1n) is 8.79. The molecule has 2 atom stereocenters. The standard InChI is InChI=1S/C20H24N2O2S/c1-13(2)18(22-19(23)17-11-6-12-25-17)20(24)21-16-10-5-8-14-7-3-4-9-15(14)16/h3-4,6-7,9,11-13,16,18H,5,8,10H2,1-2H3,(H,21,24)(H,22,23)/t16-,18-/m1/s1. The molecule has 0 unspecified atom stereocenters. The highest BCUT2D eigenvalue weighted by atomic mass is 32.1. The van der Waals surface area contributed by atoms with Gasteiger partial charge in [0.15, 0.2) is 0 Å². The third-order valence-electron chi connectivity index (χ3n) is 4.67. The predicted molar refractivity (Wildman–Crippen MR) is 101 cm³/mol. The van der Waals surface area contributed by atoms with Crippen molar-refractivity contribution in [1.82, 2.24) is 10.6 Å². The zero-order valence-corrected chi connectivity index (χ0v) is 15.4. The van der Waals surface area contributed by atoms with E-state index in [0.29, 0.717) is 4.88 Å². The van der Waals surface area contributed by atoms with E-state index >= 15 is 0 Å². The Morgan fingerprint density at radius 3 is 2.68 bits per heavy atom. The van der Waals surface area contributed by atoms with Crippen LogP contribution in [0.2, 0.25) is 0 Å². The van der Waals surface area contributed by atoms with E-state index < -0.39 is 6.04 Å². The number of hydrogen-bond donors (Lipinski definition) is 2. The highest BCUT2D eigenvalue weighted by Crippen LogP contribution is 2.29. The maximum Gasteiger partial charge on any atom is 0.262 e. The van der Waals surface area contributed by atoms with Crippen molar-refractivity contribution in [3.05, 3.63) is 57.8 Å². The van der Waals surface area contributed by atoms with E-state index in [0.717, 1.165) is 19.3 Å². The zero-order valence-electron chi connectivity index (χ0n) is 14.6. The summed E-state index contributed by atoms with van der Waals surface area (Å²) in [6.45, 7) is 3.90. The van der Waals surface area contributed by atoms with Crippen molar-refractivity contribution in [1.29, 1.82) is 0 Å². The highest BCUT2D eigenvalue weighted by Gasteiger charge is 2.28. The molecule has 0 saturated carbocycles. The van der Waals surface area contributed by atoms with Gasteiger partial charge in [-0.15, -0.1) is 11.3 Å². The first-order chi connectivity index (χ1) is 12.1. The van der Waals surface area contributed by atoms with Crippen LogP contribution in [0.25, 0.3) is 0 Å². The van der Waals surface area contributed by atoms with Gasteiger partial charge in [-0.3, -0.25) is 9.59 Å². The summed E-state index contributed by atoms with van der Waals surface area (Å²) in [5, 5.41) is 7.91. The number of rotatable bonds is 5. The van der Waals surface area contributed by atoms with E-state index in [9.17, 15) is 9.59 Å². The molecule has 25 heavy (non-hydrogen) atoms. The van der Waals surface area contributed by atoms with Crippen LogP contribution >= 0.6 is 11.3 Å². The number of carbonyl (C=O) groups excluding carboxylic acids is 2. The number of amides is 2. The molecule has 2 aromatic rings. The fourth-order valence-corrected chi connectivity index (χ4v) is 3.95. The molecule has 0 aliphatic heterocycles. The lowest BCUT2D eigenvalue weighted by Gasteiger charge is -2.29. The maximum absolute atomic E-state index is 12.8. The van der Waals surface area contributed by atoms with Crippen molar-refractivity contribution < 1.29 is 9.59 Å². The average molecular weight is 356 g/mol. The van der Waals surface area contributed by atoms with Crippen molar-refractivity contribution >= 4 is 23.2 Å². The van der Waals surface area contributed by atoms with Crippen LogP contribution in [0.5, 0.6) is 0 Å². The third kappa shape index (κ3) is 4.10. The summed E-state index contributed by atoms with van der Waals surface area (Å²) < 4.78 is 0. The van der Waals surface area contributed by atoms with Crippen LogP contribution in [0.3, 0.4) is 0 Å². The highest BCUT2D eigenvalue weighted by molar-refractivity contribution is 7.12. The minimum atomic E-state index is -0.538. The van der Waals surface area contributed by atoms with Crippen molar-refractivity contribution in [2.75, 3.05) is 0 Å². The first-order valence-corrected chi connectivity index (χ1v) is 9.66. The van der Waals surface area contributed by atoms with Crippen molar-refractivity contribution in [3.8, 4) is 0 Å². The minimum Gasteiger partial charge on any atom is -0.347 e. The minimum absolute atomic E-state index is 0.0164. The molecule has 1 aromatic carbocycles. The number of thiophene rings is 1. The normalized spacial score (nSPS) is 17.6. The number of aryl methyl sites for hydroxylation is 1. The molecule has 0 bridgehead atoms.